The third kappa shape index (κ3) is 2.98. The molecule has 0 fully saturated rings. The van der Waals surface area contributed by atoms with Crippen LogP contribution in [0.3, 0.4) is 0 Å². The van der Waals surface area contributed by atoms with Gasteiger partial charge in [0.15, 0.2) is 0 Å². The van der Waals surface area contributed by atoms with Crippen LogP contribution in [0.15, 0.2) is 0 Å². The number of nitrogens with zero attached hydrogens (tertiary/aromatic N) is 1. The number of hydrogen-bond donors (Lipinski definition) is 1. The monoisotopic (exact) mass is 200 g/mol. The van der Waals surface area contributed by atoms with Gasteiger partial charge >= 0.3 is 0 Å². The van der Waals surface area contributed by atoms with Crippen molar-refractivity contribution in [3.63, 3.8) is 0 Å². The van der Waals surface area contributed by atoms with E-state index in [0.29, 0.717) is 6.54 Å². The van der Waals surface area contributed by atoms with Crippen LogP contribution in [0.25, 0.3) is 0 Å². The first-order valence-corrected chi connectivity index (χ1v) is 5.38. The van der Waals surface area contributed by atoms with Gasteiger partial charge in [-0.3, -0.25) is 4.79 Å². The molecule has 0 saturated heterocycles. The lowest BCUT2D eigenvalue weighted by molar-refractivity contribution is -0.138. The fourth-order valence-corrected chi connectivity index (χ4v) is 1.25. The van der Waals surface area contributed by atoms with Crippen LogP contribution >= 0.6 is 0 Å². The van der Waals surface area contributed by atoms with Crippen LogP contribution < -0.4 is 5.73 Å². The number of carbonyl (C=O) groups excluding carboxylic acids is 1. The number of hydrogen-bond acceptors (Lipinski definition) is 2. The van der Waals surface area contributed by atoms with Crippen molar-refractivity contribution in [1.82, 2.24) is 4.90 Å². The molecule has 2 N–H and O–H groups in total. The van der Waals surface area contributed by atoms with E-state index >= 15 is 0 Å². The van der Waals surface area contributed by atoms with Crippen molar-refractivity contribution < 1.29 is 4.79 Å². The van der Waals surface area contributed by atoms with Crippen molar-refractivity contribution in [3.8, 4) is 0 Å². The molecule has 0 aromatic heterocycles. The van der Waals surface area contributed by atoms with Gasteiger partial charge in [-0.2, -0.15) is 0 Å². The molecule has 0 aromatic carbocycles. The molecule has 0 saturated carbocycles. The van der Waals surface area contributed by atoms with Gasteiger partial charge in [0.05, 0.1) is 5.92 Å². The molecule has 1 amide bonds. The van der Waals surface area contributed by atoms with E-state index in [9.17, 15) is 4.79 Å². The predicted molar refractivity (Wildman–Crippen MR) is 60.0 cm³/mol. The highest BCUT2D eigenvalue weighted by Crippen LogP contribution is 2.19. The van der Waals surface area contributed by atoms with Crippen LogP contribution in [0.4, 0.5) is 0 Å². The lowest BCUT2D eigenvalue weighted by atomic mass is 9.96. The Morgan fingerprint density at radius 3 is 2.21 bits per heavy atom. The van der Waals surface area contributed by atoms with Crippen molar-refractivity contribution in [2.45, 2.75) is 46.1 Å². The van der Waals surface area contributed by atoms with Gasteiger partial charge in [-0.25, -0.2) is 0 Å². The molecule has 0 bridgehead atoms. The Morgan fingerprint density at radius 2 is 1.93 bits per heavy atom. The number of amides is 1. The molecule has 0 aromatic rings. The standard InChI is InChI=1S/C11H24N2O/c1-6-9(8-12)10(14)13(5)11(3,4)7-2/h9H,6-8,12H2,1-5H3. The van der Waals surface area contributed by atoms with E-state index in [1.165, 1.54) is 0 Å². The second-order valence-corrected chi connectivity index (χ2v) is 4.40. The Balaban J connectivity index is 4.52. The summed E-state index contributed by atoms with van der Waals surface area (Å²) in [6, 6.07) is 0. The third-order valence-electron chi connectivity index (χ3n) is 3.23. The molecule has 84 valence electrons. The van der Waals surface area contributed by atoms with E-state index in [-0.39, 0.29) is 17.4 Å². The van der Waals surface area contributed by atoms with Gasteiger partial charge in [-0.1, -0.05) is 13.8 Å². The first kappa shape index (κ1) is 13.4. The molecule has 0 aliphatic carbocycles. The molecule has 0 radical (unpaired) electrons. The van der Waals surface area contributed by atoms with Crippen LogP contribution in [0.5, 0.6) is 0 Å². The summed E-state index contributed by atoms with van der Waals surface area (Å²) >= 11 is 0. The van der Waals surface area contributed by atoms with Crippen molar-refractivity contribution in [2.24, 2.45) is 11.7 Å². The average molecular weight is 200 g/mol. The largest absolute Gasteiger partial charge is 0.340 e. The number of rotatable bonds is 5. The Bertz CT molecular complexity index is 186. The quantitative estimate of drug-likeness (QED) is 0.733. The summed E-state index contributed by atoms with van der Waals surface area (Å²) in [5.74, 6) is 0.146. The zero-order chi connectivity index (χ0) is 11.4. The average Bonchev–Trinajstić information content (AvgIpc) is 2.18. The molecule has 1 unspecified atom stereocenters. The Labute approximate surface area is 87.6 Å². The highest BCUT2D eigenvalue weighted by molar-refractivity contribution is 5.79. The maximum Gasteiger partial charge on any atom is 0.227 e. The molecular formula is C11H24N2O. The van der Waals surface area contributed by atoms with Crippen molar-refractivity contribution in [1.29, 1.82) is 0 Å². The van der Waals surface area contributed by atoms with Crippen LogP contribution in [0, 0.1) is 5.92 Å². The molecule has 0 heterocycles. The summed E-state index contributed by atoms with van der Waals surface area (Å²) in [5, 5.41) is 0. The van der Waals surface area contributed by atoms with Gasteiger partial charge in [-0.05, 0) is 26.7 Å². The van der Waals surface area contributed by atoms with Gasteiger partial charge in [0.2, 0.25) is 5.91 Å². The maximum absolute atomic E-state index is 12.0. The Kier molecular flexibility index (Phi) is 5.13. The van der Waals surface area contributed by atoms with E-state index in [2.05, 4.69) is 20.8 Å². The Hall–Kier alpha value is -0.570. The van der Waals surface area contributed by atoms with Crippen molar-refractivity contribution >= 4 is 5.91 Å². The second kappa shape index (κ2) is 5.35. The van der Waals surface area contributed by atoms with Gasteiger partial charge in [0.25, 0.3) is 0 Å². The molecule has 0 aliphatic heterocycles. The van der Waals surface area contributed by atoms with E-state index in [1.807, 2.05) is 18.9 Å². The van der Waals surface area contributed by atoms with Crippen LogP contribution in [-0.2, 0) is 4.79 Å². The first-order valence-electron chi connectivity index (χ1n) is 5.38. The molecular weight excluding hydrogens is 176 g/mol. The third-order valence-corrected chi connectivity index (χ3v) is 3.23. The molecule has 0 spiro atoms. The SMILES string of the molecule is CCC(CN)C(=O)N(C)C(C)(C)CC. The zero-order valence-corrected chi connectivity index (χ0v) is 10.1. The summed E-state index contributed by atoms with van der Waals surface area (Å²) < 4.78 is 0. The van der Waals surface area contributed by atoms with Gasteiger partial charge in [-0.15, -0.1) is 0 Å². The van der Waals surface area contributed by atoms with Crippen LogP contribution in [0.1, 0.15) is 40.5 Å². The van der Waals surface area contributed by atoms with E-state index < -0.39 is 0 Å². The molecule has 0 rings (SSSR count). The fraction of sp³-hybridized carbons (Fsp3) is 0.909. The topological polar surface area (TPSA) is 46.3 Å². The van der Waals surface area contributed by atoms with E-state index in [1.54, 1.807) is 0 Å². The normalized spacial score (nSPS) is 13.9. The highest BCUT2D eigenvalue weighted by atomic mass is 16.2. The zero-order valence-electron chi connectivity index (χ0n) is 10.1. The van der Waals surface area contributed by atoms with Gasteiger partial charge in [0, 0.05) is 19.1 Å². The minimum absolute atomic E-state index is 0.0224. The van der Waals surface area contributed by atoms with E-state index in [4.69, 9.17) is 5.73 Å². The summed E-state index contributed by atoms with van der Waals surface area (Å²) in [5.41, 5.74) is 5.49. The van der Waals surface area contributed by atoms with E-state index in [0.717, 1.165) is 12.8 Å². The lowest BCUT2D eigenvalue weighted by Gasteiger charge is -2.36. The molecule has 3 nitrogen and oxygen atoms in total. The van der Waals surface area contributed by atoms with Crippen molar-refractivity contribution in [2.75, 3.05) is 13.6 Å². The fourth-order valence-electron chi connectivity index (χ4n) is 1.25. The maximum atomic E-state index is 12.0. The predicted octanol–water partition coefficient (Wildman–Crippen LogP) is 1.62. The molecule has 1 atom stereocenters. The first-order chi connectivity index (χ1) is 6.40. The lowest BCUT2D eigenvalue weighted by Crippen LogP contribution is -2.48. The van der Waals surface area contributed by atoms with Gasteiger partial charge < -0.3 is 10.6 Å². The minimum atomic E-state index is -0.0698. The minimum Gasteiger partial charge on any atom is -0.340 e. The Morgan fingerprint density at radius 1 is 1.43 bits per heavy atom. The molecule has 14 heavy (non-hydrogen) atoms. The smallest absolute Gasteiger partial charge is 0.227 e. The highest BCUT2D eigenvalue weighted by Gasteiger charge is 2.29. The second-order valence-electron chi connectivity index (χ2n) is 4.40. The summed E-state index contributed by atoms with van der Waals surface area (Å²) in [4.78, 5) is 13.8. The molecule has 0 aliphatic rings. The van der Waals surface area contributed by atoms with Gasteiger partial charge in [0.1, 0.15) is 0 Å². The molecule has 3 heteroatoms. The number of nitrogens with two attached hydrogens (primary N) is 1. The summed E-state index contributed by atoms with van der Waals surface area (Å²) in [7, 11) is 1.87. The van der Waals surface area contributed by atoms with Crippen molar-refractivity contribution in [3.05, 3.63) is 0 Å². The van der Waals surface area contributed by atoms with Crippen LogP contribution in [0.2, 0.25) is 0 Å². The van der Waals surface area contributed by atoms with Crippen LogP contribution in [-0.4, -0.2) is 29.9 Å². The summed E-state index contributed by atoms with van der Waals surface area (Å²) in [6.07, 6.45) is 1.77. The number of carbonyl (C=O) groups is 1. The summed E-state index contributed by atoms with van der Waals surface area (Å²) in [6.45, 7) is 8.69.